The minimum absolute atomic E-state index is 0.00513. The van der Waals surface area contributed by atoms with E-state index in [4.69, 9.17) is 5.11 Å². The van der Waals surface area contributed by atoms with Crippen LogP contribution in [0.15, 0.2) is 12.7 Å². The molecule has 0 saturated heterocycles. The molecule has 0 aliphatic heterocycles. The van der Waals surface area contributed by atoms with Gasteiger partial charge in [0.25, 0.3) is 0 Å². The minimum atomic E-state index is -1.22. The highest BCUT2D eigenvalue weighted by Crippen LogP contribution is 1.94. The third-order valence-electron chi connectivity index (χ3n) is 0.940. The Morgan fingerprint density at radius 1 is 1.67 bits per heavy atom. The van der Waals surface area contributed by atoms with Crippen LogP contribution in [0, 0.1) is 0 Å². The van der Waals surface area contributed by atoms with Crippen LogP contribution in [0.5, 0.6) is 0 Å². The number of rotatable bonds is 4. The van der Waals surface area contributed by atoms with Gasteiger partial charge in [0.15, 0.2) is 6.10 Å². The molecule has 68 valence electrons. The maximum Gasteiger partial charge on any atom is 0.509 e. The van der Waals surface area contributed by atoms with E-state index >= 15 is 0 Å². The molecule has 0 spiro atoms. The van der Waals surface area contributed by atoms with Crippen molar-refractivity contribution in [1.82, 2.24) is 0 Å². The van der Waals surface area contributed by atoms with Gasteiger partial charge in [-0.25, -0.2) is 9.59 Å². The van der Waals surface area contributed by atoms with Gasteiger partial charge in [-0.2, -0.15) is 0 Å². The minimum Gasteiger partial charge on any atom is -0.479 e. The summed E-state index contributed by atoms with van der Waals surface area (Å²) in [7, 11) is 0. The molecule has 0 fully saturated rings. The van der Waals surface area contributed by atoms with Crippen LogP contribution in [-0.4, -0.2) is 29.9 Å². The topological polar surface area (TPSA) is 72.8 Å². The number of hydrogen-bond acceptors (Lipinski definition) is 4. The molecule has 0 bridgehead atoms. The van der Waals surface area contributed by atoms with Crippen LogP contribution in [0.25, 0.3) is 0 Å². The first-order chi connectivity index (χ1) is 5.57. The standard InChI is InChI=1S/C7H10O5/c1-3-4-11-7(10)12-5(2)6(8)9/h3,5H,1,4H2,2H3,(H,8,9)/t5-/m1/s1. The normalized spacial score (nSPS) is 11.4. The lowest BCUT2D eigenvalue weighted by Crippen LogP contribution is -2.24. The summed E-state index contributed by atoms with van der Waals surface area (Å²) in [5.41, 5.74) is 0. The molecule has 5 heteroatoms. The highest BCUT2D eigenvalue weighted by molar-refractivity contribution is 5.75. The molecule has 0 aromatic heterocycles. The molecular formula is C7H10O5. The van der Waals surface area contributed by atoms with E-state index in [0.717, 1.165) is 0 Å². The molecule has 12 heavy (non-hydrogen) atoms. The highest BCUT2D eigenvalue weighted by Gasteiger charge is 2.16. The molecule has 5 nitrogen and oxygen atoms in total. The van der Waals surface area contributed by atoms with E-state index < -0.39 is 18.2 Å². The Morgan fingerprint density at radius 2 is 2.25 bits per heavy atom. The maximum absolute atomic E-state index is 10.6. The van der Waals surface area contributed by atoms with Crippen molar-refractivity contribution >= 4 is 12.1 Å². The summed E-state index contributed by atoms with van der Waals surface area (Å²) in [4.78, 5) is 20.7. The van der Waals surface area contributed by atoms with Gasteiger partial charge in [0, 0.05) is 0 Å². The van der Waals surface area contributed by atoms with Gasteiger partial charge in [0.1, 0.15) is 6.61 Å². The van der Waals surface area contributed by atoms with E-state index in [1.807, 2.05) is 0 Å². The maximum atomic E-state index is 10.6. The second-order valence-corrected chi connectivity index (χ2v) is 1.95. The highest BCUT2D eigenvalue weighted by atomic mass is 16.7. The van der Waals surface area contributed by atoms with Crippen LogP contribution in [0.4, 0.5) is 4.79 Å². The summed E-state index contributed by atoms with van der Waals surface area (Å²) in [5.74, 6) is -1.22. The Bertz CT molecular complexity index is 186. The van der Waals surface area contributed by atoms with Crippen molar-refractivity contribution in [3.63, 3.8) is 0 Å². The molecule has 1 N–H and O–H groups in total. The van der Waals surface area contributed by atoms with Crippen molar-refractivity contribution in [3.8, 4) is 0 Å². The lowest BCUT2D eigenvalue weighted by atomic mass is 10.4. The van der Waals surface area contributed by atoms with Crippen LogP contribution in [0.1, 0.15) is 6.92 Å². The molecule has 0 amide bonds. The smallest absolute Gasteiger partial charge is 0.479 e. The molecule has 0 rings (SSSR count). The van der Waals surface area contributed by atoms with Crippen LogP contribution in [0.3, 0.4) is 0 Å². The van der Waals surface area contributed by atoms with Crippen molar-refractivity contribution in [1.29, 1.82) is 0 Å². The third-order valence-corrected chi connectivity index (χ3v) is 0.940. The van der Waals surface area contributed by atoms with Gasteiger partial charge in [-0.3, -0.25) is 0 Å². The molecule has 0 unspecified atom stereocenters. The van der Waals surface area contributed by atoms with Crippen molar-refractivity contribution < 1.29 is 24.2 Å². The zero-order valence-corrected chi connectivity index (χ0v) is 6.65. The van der Waals surface area contributed by atoms with Crippen LogP contribution >= 0.6 is 0 Å². The van der Waals surface area contributed by atoms with Crippen LogP contribution in [-0.2, 0) is 14.3 Å². The van der Waals surface area contributed by atoms with Crippen LogP contribution < -0.4 is 0 Å². The van der Waals surface area contributed by atoms with Crippen molar-refractivity contribution in [2.45, 2.75) is 13.0 Å². The quantitative estimate of drug-likeness (QED) is 0.504. The summed E-state index contributed by atoms with van der Waals surface area (Å²) in [6.07, 6.45) is -0.848. The molecule has 0 heterocycles. The number of carbonyl (C=O) groups excluding carboxylic acids is 1. The number of ether oxygens (including phenoxy) is 2. The van der Waals surface area contributed by atoms with Gasteiger partial charge in [-0.05, 0) is 6.92 Å². The van der Waals surface area contributed by atoms with Gasteiger partial charge in [-0.15, -0.1) is 0 Å². The number of carboxylic acids is 1. The van der Waals surface area contributed by atoms with E-state index in [1.165, 1.54) is 13.0 Å². The summed E-state index contributed by atoms with van der Waals surface area (Å²) in [6.45, 7) is 4.54. The Labute approximate surface area is 69.6 Å². The van der Waals surface area contributed by atoms with E-state index in [9.17, 15) is 9.59 Å². The molecule has 0 aliphatic rings. The third kappa shape index (κ3) is 4.32. The summed E-state index contributed by atoms with van der Waals surface area (Å²) in [6, 6.07) is 0. The summed E-state index contributed by atoms with van der Waals surface area (Å²) >= 11 is 0. The van der Waals surface area contributed by atoms with Crippen LogP contribution in [0.2, 0.25) is 0 Å². The Kier molecular flexibility index (Phi) is 4.52. The number of aliphatic carboxylic acids is 1. The molecule has 0 radical (unpaired) electrons. The predicted octanol–water partition coefficient (Wildman–Crippen LogP) is 0.799. The Balaban J connectivity index is 3.68. The van der Waals surface area contributed by atoms with E-state index in [-0.39, 0.29) is 6.61 Å². The van der Waals surface area contributed by atoms with Crippen molar-refractivity contribution in [2.24, 2.45) is 0 Å². The van der Waals surface area contributed by atoms with Gasteiger partial charge < -0.3 is 14.6 Å². The fourth-order valence-electron chi connectivity index (χ4n) is 0.356. The number of carbonyl (C=O) groups is 2. The number of carboxylic acid groups (broad SMARTS) is 1. The largest absolute Gasteiger partial charge is 0.509 e. The molecule has 0 aliphatic carbocycles. The second-order valence-electron chi connectivity index (χ2n) is 1.95. The number of hydrogen-bond donors (Lipinski definition) is 1. The van der Waals surface area contributed by atoms with Gasteiger partial charge in [0.05, 0.1) is 0 Å². The van der Waals surface area contributed by atoms with Gasteiger partial charge in [-0.1, -0.05) is 12.7 Å². The van der Waals surface area contributed by atoms with E-state index in [1.54, 1.807) is 0 Å². The zero-order chi connectivity index (χ0) is 9.56. The first-order valence-corrected chi connectivity index (χ1v) is 3.25. The molecule has 1 atom stereocenters. The fraction of sp³-hybridized carbons (Fsp3) is 0.429. The lowest BCUT2D eigenvalue weighted by molar-refractivity contribution is -0.147. The predicted molar refractivity (Wildman–Crippen MR) is 39.7 cm³/mol. The Hall–Kier alpha value is -1.52. The monoisotopic (exact) mass is 174 g/mol. The molecule has 0 saturated carbocycles. The molecule has 0 aromatic carbocycles. The van der Waals surface area contributed by atoms with Gasteiger partial charge in [0.2, 0.25) is 0 Å². The average Bonchev–Trinajstić information content (AvgIpc) is 2.00. The average molecular weight is 174 g/mol. The first kappa shape index (κ1) is 10.5. The van der Waals surface area contributed by atoms with Gasteiger partial charge >= 0.3 is 12.1 Å². The lowest BCUT2D eigenvalue weighted by Gasteiger charge is -2.07. The zero-order valence-electron chi connectivity index (χ0n) is 6.65. The molecular weight excluding hydrogens is 164 g/mol. The summed E-state index contributed by atoms with van der Waals surface area (Å²) in [5, 5.41) is 8.30. The summed E-state index contributed by atoms with van der Waals surface area (Å²) < 4.78 is 8.67. The van der Waals surface area contributed by atoms with E-state index in [0.29, 0.717) is 0 Å². The van der Waals surface area contributed by atoms with E-state index in [2.05, 4.69) is 16.1 Å². The molecule has 0 aromatic rings. The van der Waals surface area contributed by atoms with Crippen molar-refractivity contribution in [3.05, 3.63) is 12.7 Å². The van der Waals surface area contributed by atoms with Crippen molar-refractivity contribution in [2.75, 3.05) is 6.61 Å². The fourth-order valence-corrected chi connectivity index (χ4v) is 0.356. The first-order valence-electron chi connectivity index (χ1n) is 3.25. The second kappa shape index (κ2) is 5.17. The SMILES string of the molecule is C=CCOC(=O)O[C@H](C)C(=O)O. The Morgan fingerprint density at radius 3 is 2.67 bits per heavy atom.